The van der Waals surface area contributed by atoms with Gasteiger partial charge in [0, 0.05) is 9.13 Å². The molecule has 0 aliphatic heterocycles. The molecule has 0 bridgehead atoms. The Kier molecular flexibility index (Phi) is 5.12. The largest absolute Gasteiger partial charge is 0.451 e. The van der Waals surface area contributed by atoms with Gasteiger partial charge in [0.25, 0.3) is 5.91 Å². The normalized spacial score (nSPS) is 10.7. The van der Waals surface area contributed by atoms with Gasteiger partial charge in [-0.05, 0) is 72.0 Å². The van der Waals surface area contributed by atoms with Crippen molar-refractivity contribution < 1.29 is 9.21 Å². The van der Waals surface area contributed by atoms with Gasteiger partial charge in [-0.15, -0.1) is 0 Å². The number of aryl methyl sites for hydroxylation is 1. The molecule has 4 nitrogen and oxygen atoms in total. The van der Waals surface area contributed by atoms with E-state index in [1.165, 1.54) is 0 Å². The van der Waals surface area contributed by atoms with E-state index in [2.05, 4.69) is 32.9 Å². The van der Waals surface area contributed by atoms with Gasteiger partial charge in [-0.3, -0.25) is 4.79 Å². The number of nitrogens with one attached hydrogen (secondary N) is 1. The van der Waals surface area contributed by atoms with E-state index in [1.54, 1.807) is 36.4 Å². The number of anilines is 1. The Morgan fingerprint density at radius 1 is 1.12 bits per heavy atom. The van der Waals surface area contributed by atoms with E-state index in [1.807, 2.05) is 13.0 Å². The summed E-state index contributed by atoms with van der Waals surface area (Å²) in [5, 5.41) is 3.61. The monoisotopic (exact) mass is 472 g/mol. The number of hydrogen-bond acceptors (Lipinski definition) is 3. The number of nitrogens with zero attached hydrogens (tertiary/aromatic N) is 1. The summed E-state index contributed by atoms with van der Waals surface area (Å²) in [7, 11) is 0. The minimum Gasteiger partial charge on any atom is -0.451 e. The lowest BCUT2D eigenvalue weighted by Crippen LogP contribution is -2.12. The lowest BCUT2D eigenvalue weighted by Gasteiger charge is -2.04. The molecule has 7 heteroatoms. The maximum absolute atomic E-state index is 12.3. The van der Waals surface area contributed by atoms with E-state index in [-0.39, 0.29) is 11.7 Å². The number of amides is 1. The summed E-state index contributed by atoms with van der Waals surface area (Å²) in [6, 6.07) is 12.1. The first kappa shape index (κ1) is 17.3. The zero-order valence-corrected chi connectivity index (χ0v) is 16.1. The maximum Gasteiger partial charge on any atom is 0.292 e. The summed E-state index contributed by atoms with van der Waals surface area (Å²) >= 11 is 14.1. The number of carbonyl (C=O) groups excluding carboxylic acids is 1. The number of benzene rings is 1. The first-order valence-corrected chi connectivity index (χ1v) is 8.77. The van der Waals surface area contributed by atoms with E-state index >= 15 is 0 Å². The van der Waals surface area contributed by atoms with Crippen molar-refractivity contribution in [2.75, 3.05) is 5.32 Å². The minimum atomic E-state index is -0.366. The molecule has 0 aliphatic rings. The molecular formula is C17H11Cl2IN2O2. The Hall–Kier alpha value is -1.57. The van der Waals surface area contributed by atoms with Gasteiger partial charge in [0.2, 0.25) is 0 Å². The van der Waals surface area contributed by atoms with Crippen LogP contribution in [0, 0.1) is 10.5 Å². The van der Waals surface area contributed by atoms with Crippen LogP contribution in [-0.4, -0.2) is 10.9 Å². The lowest BCUT2D eigenvalue weighted by atomic mass is 10.2. The highest BCUT2D eigenvalue weighted by Crippen LogP contribution is 2.29. The molecule has 0 radical (unpaired) electrons. The highest BCUT2D eigenvalue weighted by molar-refractivity contribution is 14.1. The van der Waals surface area contributed by atoms with Crippen molar-refractivity contribution in [3.63, 3.8) is 0 Å². The predicted octanol–water partition coefficient (Wildman–Crippen LogP) is 5.81. The Labute approximate surface area is 162 Å². The van der Waals surface area contributed by atoms with Crippen LogP contribution in [-0.2, 0) is 0 Å². The smallest absolute Gasteiger partial charge is 0.292 e. The molecular weight excluding hydrogens is 462 g/mol. The summed E-state index contributed by atoms with van der Waals surface area (Å²) < 4.78 is 6.64. The summed E-state index contributed by atoms with van der Waals surface area (Å²) in [4.78, 5) is 16.6. The third kappa shape index (κ3) is 3.74. The van der Waals surface area contributed by atoms with E-state index in [9.17, 15) is 4.79 Å². The fourth-order valence-corrected chi connectivity index (χ4v) is 2.65. The molecule has 0 saturated heterocycles. The predicted molar refractivity (Wildman–Crippen MR) is 104 cm³/mol. The quantitative estimate of drug-likeness (QED) is 0.489. The highest BCUT2D eigenvalue weighted by atomic mass is 127. The molecule has 3 aromatic rings. The molecule has 0 fully saturated rings. The Bertz CT molecular complexity index is 925. The second-order valence-corrected chi connectivity index (χ2v) is 6.99. The van der Waals surface area contributed by atoms with Crippen LogP contribution in [0.2, 0.25) is 10.0 Å². The molecule has 122 valence electrons. The van der Waals surface area contributed by atoms with E-state index in [0.717, 1.165) is 14.8 Å². The van der Waals surface area contributed by atoms with Crippen LogP contribution in [0.1, 0.15) is 16.2 Å². The van der Waals surface area contributed by atoms with Crippen LogP contribution >= 0.6 is 45.8 Å². The summed E-state index contributed by atoms with van der Waals surface area (Å²) in [5.41, 5.74) is 1.59. The van der Waals surface area contributed by atoms with Crippen molar-refractivity contribution in [2.45, 2.75) is 6.92 Å². The molecule has 2 aromatic heterocycles. The number of hydrogen-bond donors (Lipinski definition) is 1. The molecule has 0 atom stereocenters. The number of carbonyl (C=O) groups is 1. The molecule has 1 aromatic carbocycles. The first-order chi connectivity index (χ1) is 11.4. The third-order valence-corrected chi connectivity index (χ3v) is 5.18. The van der Waals surface area contributed by atoms with Crippen LogP contribution in [0.4, 0.5) is 5.82 Å². The summed E-state index contributed by atoms with van der Waals surface area (Å²) in [5.74, 6) is 0.833. The van der Waals surface area contributed by atoms with Gasteiger partial charge in [-0.25, -0.2) is 4.98 Å². The molecule has 24 heavy (non-hydrogen) atoms. The number of rotatable bonds is 3. The fraction of sp³-hybridized carbons (Fsp3) is 0.0588. The molecule has 1 amide bonds. The van der Waals surface area contributed by atoms with Gasteiger partial charge in [0.1, 0.15) is 11.6 Å². The minimum absolute atomic E-state index is 0.189. The van der Waals surface area contributed by atoms with E-state index < -0.39 is 0 Å². The van der Waals surface area contributed by atoms with Crippen LogP contribution < -0.4 is 5.32 Å². The van der Waals surface area contributed by atoms with E-state index in [0.29, 0.717) is 21.6 Å². The average Bonchev–Trinajstić information content (AvgIpc) is 3.04. The van der Waals surface area contributed by atoms with Crippen molar-refractivity contribution in [3.05, 3.63) is 67.5 Å². The third-order valence-electron chi connectivity index (χ3n) is 3.30. The number of furan rings is 1. The van der Waals surface area contributed by atoms with Gasteiger partial charge >= 0.3 is 0 Å². The van der Waals surface area contributed by atoms with Crippen molar-refractivity contribution in [1.29, 1.82) is 0 Å². The van der Waals surface area contributed by atoms with Crippen molar-refractivity contribution in [3.8, 4) is 11.3 Å². The average molecular weight is 473 g/mol. The fourth-order valence-electron chi connectivity index (χ4n) is 2.06. The first-order valence-electron chi connectivity index (χ1n) is 6.94. The Balaban J connectivity index is 1.80. The van der Waals surface area contributed by atoms with Gasteiger partial charge in [0.05, 0.1) is 15.7 Å². The Morgan fingerprint density at radius 2 is 1.92 bits per heavy atom. The van der Waals surface area contributed by atoms with Gasteiger partial charge in [-0.2, -0.15) is 0 Å². The van der Waals surface area contributed by atoms with Crippen molar-refractivity contribution in [2.24, 2.45) is 0 Å². The molecule has 0 saturated carbocycles. The second kappa shape index (κ2) is 7.13. The van der Waals surface area contributed by atoms with Crippen LogP contribution in [0.15, 0.2) is 46.9 Å². The summed E-state index contributed by atoms with van der Waals surface area (Å²) in [6.07, 6.45) is 0. The zero-order valence-electron chi connectivity index (χ0n) is 12.4. The van der Waals surface area contributed by atoms with Crippen LogP contribution in [0.25, 0.3) is 11.3 Å². The maximum atomic E-state index is 12.3. The molecule has 2 heterocycles. The molecule has 0 spiro atoms. The van der Waals surface area contributed by atoms with Crippen molar-refractivity contribution >= 4 is 57.5 Å². The lowest BCUT2D eigenvalue weighted by molar-refractivity contribution is 0.0997. The highest BCUT2D eigenvalue weighted by Gasteiger charge is 2.14. The second-order valence-electron chi connectivity index (χ2n) is 5.01. The zero-order chi connectivity index (χ0) is 17.3. The van der Waals surface area contributed by atoms with E-state index in [4.69, 9.17) is 27.6 Å². The van der Waals surface area contributed by atoms with Gasteiger partial charge < -0.3 is 9.73 Å². The number of aromatic nitrogens is 1. The molecule has 0 unspecified atom stereocenters. The topological polar surface area (TPSA) is 55.1 Å². The molecule has 0 aliphatic carbocycles. The van der Waals surface area contributed by atoms with Crippen LogP contribution in [0.5, 0.6) is 0 Å². The van der Waals surface area contributed by atoms with Gasteiger partial charge in [0.15, 0.2) is 5.76 Å². The van der Waals surface area contributed by atoms with Crippen LogP contribution in [0.3, 0.4) is 0 Å². The van der Waals surface area contributed by atoms with Crippen molar-refractivity contribution in [1.82, 2.24) is 4.98 Å². The Morgan fingerprint density at radius 3 is 2.62 bits per heavy atom. The SMILES string of the molecule is Cc1nc(NC(=O)c2ccc(-c3ccc(Cl)c(Cl)c3)o2)ccc1I. The molecule has 3 rings (SSSR count). The number of pyridine rings is 1. The number of halogens is 3. The summed E-state index contributed by atoms with van der Waals surface area (Å²) in [6.45, 7) is 1.88. The van der Waals surface area contributed by atoms with Gasteiger partial charge in [-0.1, -0.05) is 23.2 Å². The molecule has 1 N–H and O–H groups in total. The standard InChI is InChI=1S/C17H11Cl2IN2O2/c1-9-13(20)4-7-16(21-9)22-17(23)15-6-5-14(24-15)10-2-3-11(18)12(19)8-10/h2-8H,1H3,(H,21,22,23).